The van der Waals surface area contributed by atoms with Gasteiger partial charge in [-0.2, -0.15) is 0 Å². The van der Waals surface area contributed by atoms with Crippen LogP contribution in [0.3, 0.4) is 0 Å². The Kier molecular flexibility index (Phi) is 6.70. The predicted molar refractivity (Wildman–Crippen MR) is 115 cm³/mol. The molecule has 0 atom stereocenters. The molecule has 0 aliphatic carbocycles. The molecule has 1 aromatic heterocycles. The zero-order chi connectivity index (χ0) is 19.8. The third kappa shape index (κ3) is 6.17. The average Bonchev–Trinajstić information content (AvgIpc) is 2.70. The molecule has 3 aromatic rings. The van der Waals surface area contributed by atoms with E-state index >= 15 is 0 Å². The van der Waals surface area contributed by atoms with E-state index in [4.69, 9.17) is 17.0 Å². The Morgan fingerprint density at radius 3 is 2.29 bits per heavy atom. The molecule has 1 amide bonds. The van der Waals surface area contributed by atoms with Crippen LogP contribution in [0.4, 0.5) is 5.69 Å². The first kappa shape index (κ1) is 19.5. The lowest BCUT2D eigenvalue weighted by Gasteiger charge is -2.11. The number of hydrogen-bond acceptors (Lipinski definition) is 4. The minimum absolute atomic E-state index is 0.101. The molecule has 0 aliphatic heterocycles. The SMILES string of the molecule is Cc1ccc(OCC(=O)NC(=S)Nc2ccc(Cc3ccncc3)cc2)cc1. The number of rotatable bonds is 6. The normalized spacial score (nSPS) is 10.2. The largest absolute Gasteiger partial charge is 0.484 e. The number of pyridine rings is 1. The third-order valence-corrected chi connectivity index (χ3v) is 4.22. The van der Waals surface area contributed by atoms with Crippen LogP contribution in [0.2, 0.25) is 0 Å². The van der Waals surface area contributed by atoms with Crippen molar-refractivity contribution in [3.8, 4) is 5.75 Å². The second-order valence-electron chi connectivity index (χ2n) is 6.33. The Hall–Kier alpha value is -3.25. The molecule has 0 radical (unpaired) electrons. The molecule has 0 saturated heterocycles. The van der Waals surface area contributed by atoms with Crippen LogP contribution in [0.1, 0.15) is 16.7 Å². The van der Waals surface area contributed by atoms with Gasteiger partial charge in [-0.05, 0) is 73.1 Å². The number of aryl methyl sites for hydroxylation is 1. The van der Waals surface area contributed by atoms with Gasteiger partial charge in [-0.1, -0.05) is 29.8 Å². The molecule has 5 nitrogen and oxygen atoms in total. The number of thiocarbonyl (C=S) groups is 1. The zero-order valence-electron chi connectivity index (χ0n) is 15.5. The number of nitrogens with zero attached hydrogens (tertiary/aromatic N) is 1. The van der Waals surface area contributed by atoms with E-state index in [1.165, 1.54) is 11.1 Å². The number of anilines is 1. The van der Waals surface area contributed by atoms with Crippen molar-refractivity contribution in [1.82, 2.24) is 10.3 Å². The zero-order valence-corrected chi connectivity index (χ0v) is 16.3. The van der Waals surface area contributed by atoms with E-state index < -0.39 is 0 Å². The van der Waals surface area contributed by atoms with Crippen molar-refractivity contribution in [1.29, 1.82) is 0 Å². The molecule has 142 valence electrons. The molecule has 0 saturated carbocycles. The first-order chi connectivity index (χ1) is 13.6. The molecule has 0 bridgehead atoms. The molecule has 0 fully saturated rings. The third-order valence-electron chi connectivity index (χ3n) is 4.01. The number of carbonyl (C=O) groups is 1. The number of carbonyl (C=O) groups excluding carboxylic acids is 1. The summed E-state index contributed by atoms with van der Waals surface area (Å²) in [7, 11) is 0. The summed E-state index contributed by atoms with van der Waals surface area (Å²) >= 11 is 5.19. The summed E-state index contributed by atoms with van der Waals surface area (Å²) < 4.78 is 5.44. The van der Waals surface area contributed by atoms with Crippen LogP contribution < -0.4 is 15.4 Å². The van der Waals surface area contributed by atoms with Gasteiger partial charge in [0, 0.05) is 18.1 Å². The fourth-order valence-electron chi connectivity index (χ4n) is 2.55. The monoisotopic (exact) mass is 391 g/mol. The highest BCUT2D eigenvalue weighted by Crippen LogP contribution is 2.13. The Labute approximate surface area is 169 Å². The van der Waals surface area contributed by atoms with Crippen LogP contribution >= 0.6 is 12.2 Å². The van der Waals surface area contributed by atoms with Gasteiger partial charge >= 0.3 is 0 Å². The van der Waals surface area contributed by atoms with E-state index in [2.05, 4.69) is 15.6 Å². The summed E-state index contributed by atoms with van der Waals surface area (Å²) in [5, 5.41) is 5.85. The van der Waals surface area contributed by atoms with Gasteiger partial charge in [-0.3, -0.25) is 15.1 Å². The number of nitrogens with one attached hydrogen (secondary N) is 2. The molecule has 28 heavy (non-hydrogen) atoms. The van der Waals surface area contributed by atoms with Gasteiger partial charge in [-0.15, -0.1) is 0 Å². The number of aromatic nitrogens is 1. The summed E-state index contributed by atoms with van der Waals surface area (Å²) in [4.78, 5) is 16.0. The van der Waals surface area contributed by atoms with Crippen molar-refractivity contribution in [2.45, 2.75) is 13.3 Å². The summed E-state index contributed by atoms with van der Waals surface area (Å²) in [6, 6.07) is 19.4. The Bertz CT molecular complexity index is 926. The van der Waals surface area contributed by atoms with Crippen LogP contribution in [0, 0.1) is 6.92 Å². The van der Waals surface area contributed by atoms with Crippen LogP contribution in [0.5, 0.6) is 5.75 Å². The number of ether oxygens (including phenoxy) is 1. The molecule has 0 aliphatic rings. The molecule has 2 N–H and O–H groups in total. The minimum atomic E-state index is -0.313. The lowest BCUT2D eigenvalue weighted by molar-refractivity contribution is -0.121. The summed E-state index contributed by atoms with van der Waals surface area (Å²) in [6.07, 6.45) is 4.41. The maximum absolute atomic E-state index is 12.0. The van der Waals surface area contributed by atoms with E-state index in [1.807, 2.05) is 67.6 Å². The van der Waals surface area contributed by atoms with Crippen LogP contribution in [0.25, 0.3) is 0 Å². The molecular formula is C22H21N3O2S. The molecule has 6 heteroatoms. The maximum atomic E-state index is 12.0. The predicted octanol–water partition coefficient (Wildman–Crippen LogP) is 3.87. The van der Waals surface area contributed by atoms with Gasteiger partial charge in [0.15, 0.2) is 11.7 Å². The van der Waals surface area contributed by atoms with Gasteiger partial charge in [0.25, 0.3) is 5.91 Å². The van der Waals surface area contributed by atoms with Crippen LogP contribution in [-0.2, 0) is 11.2 Å². The van der Waals surface area contributed by atoms with Gasteiger partial charge in [-0.25, -0.2) is 0 Å². The fourth-order valence-corrected chi connectivity index (χ4v) is 2.78. The van der Waals surface area contributed by atoms with E-state index in [0.717, 1.165) is 17.7 Å². The Morgan fingerprint density at radius 1 is 0.964 bits per heavy atom. The summed E-state index contributed by atoms with van der Waals surface area (Å²) in [5.74, 6) is 0.330. The number of amides is 1. The van der Waals surface area contributed by atoms with Crippen molar-refractivity contribution in [2.75, 3.05) is 11.9 Å². The molecule has 2 aromatic carbocycles. The maximum Gasteiger partial charge on any atom is 0.264 e. The Balaban J connectivity index is 1.44. The summed E-state index contributed by atoms with van der Waals surface area (Å²) in [6.45, 7) is 1.89. The smallest absolute Gasteiger partial charge is 0.264 e. The fraction of sp³-hybridized carbons (Fsp3) is 0.136. The molecule has 3 rings (SSSR count). The highest BCUT2D eigenvalue weighted by atomic mass is 32.1. The minimum Gasteiger partial charge on any atom is -0.484 e. The molecule has 1 heterocycles. The average molecular weight is 391 g/mol. The highest BCUT2D eigenvalue weighted by molar-refractivity contribution is 7.80. The molecular weight excluding hydrogens is 370 g/mol. The van der Waals surface area contributed by atoms with Gasteiger partial charge in [0.1, 0.15) is 5.75 Å². The Morgan fingerprint density at radius 2 is 1.61 bits per heavy atom. The second kappa shape index (κ2) is 9.62. The van der Waals surface area contributed by atoms with Crippen molar-refractivity contribution < 1.29 is 9.53 Å². The number of benzene rings is 2. The van der Waals surface area contributed by atoms with Crippen molar-refractivity contribution >= 4 is 28.9 Å². The van der Waals surface area contributed by atoms with Crippen molar-refractivity contribution in [3.63, 3.8) is 0 Å². The van der Waals surface area contributed by atoms with Crippen molar-refractivity contribution in [3.05, 3.63) is 89.7 Å². The van der Waals surface area contributed by atoms with Crippen LogP contribution in [-0.4, -0.2) is 22.6 Å². The lowest BCUT2D eigenvalue weighted by Crippen LogP contribution is -2.37. The topological polar surface area (TPSA) is 63.2 Å². The van der Waals surface area contributed by atoms with Gasteiger partial charge in [0.2, 0.25) is 0 Å². The van der Waals surface area contributed by atoms with Gasteiger partial charge in [0.05, 0.1) is 0 Å². The van der Waals surface area contributed by atoms with Crippen molar-refractivity contribution in [2.24, 2.45) is 0 Å². The highest BCUT2D eigenvalue weighted by Gasteiger charge is 2.06. The van der Waals surface area contributed by atoms with E-state index in [9.17, 15) is 4.79 Å². The number of hydrogen-bond donors (Lipinski definition) is 2. The molecule has 0 spiro atoms. The lowest BCUT2D eigenvalue weighted by atomic mass is 10.1. The van der Waals surface area contributed by atoms with E-state index in [-0.39, 0.29) is 17.6 Å². The molecule has 0 unspecified atom stereocenters. The van der Waals surface area contributed by atoms with Crippen LogP contribution in [0.15, 0.2) is 73.1 Å². The standard InChI is InChI=1S/C22H21N3O2S/c1-16-2-8-20(9-3-16)27-15-21(26)25-22(28)24-19-6-4-17(5-7-19)14-18-10-12-23-13-11-18/h2-13H,14-15H2,1H3,(H2,24,25,26,28). The second-order valence-corrected chi connectivity index (χ2v) is 6.74. The van der Waals surface area contributed by atoms with Gasteiger partial charge < -0.3 is 10.1 Å². The van der Waals surface area contributed by atoms with E-state index in [0.29, 0.717) is 5.75 Å². The summed E-state index contributed by atoms with van der Waals surface area (Å²) in [5.41, 5.74) is 4.32. The quantitative estimate of drug-likeness (QED) is 0.625. The first-order valence-corrected chi connectivity index (χ1v) is 9.27. The van der Waals surface area contributed by atoms with E-state index in [1.54, 1.807) is 12.4 Å². The first-order valence-electron chi connectivity index (χ1n) is 8.86.